The first-order valence-electron chi connectivity index (χ1n) is 7.71. The van der Waals surface area contributed by atoms with E-state index in [1.54, 1.807) is 24.3 Å². The minimum atomic E-state index is -0.206. The third-order valence-corrected chi connectivity index (χ3v) is 3.60. The molecule has 0 atom stereocenters. The molecule has 1 amide bonds. The van der Waals surface area contributed by atoms with Gasteiger partial charge in [0.05, 0.1) is 11.6 Å². The Kier molecular flexibility index (Phi) is 5.76. The number of nitrogens with one attached hydrogen (secondary N) is 1. The fourth-order valence-corrected chi connectivity index (χ4v) is 2.38. The summed E-state index contributed by atoms with van der Waals surface area (Å²) in [5, 5.41) is 11.8. The number of hydrogen-bond donors (Lipinski definition) is 1. The molecule has 0 aliphatic rings. The SMILES string of the molecule is CCc1cccc(CC)c1NC(=O)COc1cccc(C#N)c1. The molecule has 0 spiro atoms. The van der Waals surface area contributed by atoms with E-state index >= 15 is 0 Å². The van der Waals surface area contributed by atoms with Crippen LogP contribution >= 0.6 is 0 Å². The smallest absolute Gasteiger partial charge is 0.262 e. The van der Waals surface area contributed by atoms with Crippen LogP contribution in [-0.2, 0) is 17.6 Å². The Morgan fingerprint density at radius 2 is 1.78 bits per heavy atom. The lowest BCUT2D eigenvalue weighted by atomic mass is 10.0. The molecule has 4 nitrogen and oxygen atoms in total. The van der Waals surface area contributed by atoms with E-state index in [2.05, 4.69) is 19.2 Å². The molecule has 118 valence electrons. The molecular weight excluding hydrogens is 288 g/mol. The zero-order valence-corrected chi connectivity index (χ0v) is 13.4. The van der Waals surface area contributed by atoms with Crippen LogP contribution in [0.4, 0.5) is 5.69 Å². The minimum absolute atomic E-state index is 0.0872. The van der Waals surface area contributed by atoms with E-state index in [4.69, 9.17) is 10.00 Å². The number of para-hydroxylation sites is 1. The van der Waals surface area contributed by atoms with Gasteiger partial charge >= 0.3 is 0 Å². The molecule has 2 rings (SSSR count). The number of carbonyl (C=O) groups is 1. The van der Waals surface area contributed by atoms with Crippen molar-refractivity contribution in [1.29, 1.82) is 5.26 Å². The monoisotopic (exact) mass is 308 g/mol. The number of amides is 1. The molecule has 2 aromatic carbocycles. The van der Waals surface area contributed by atoms with E-state index in [0.717, 1.165) is 29.7 Å². The number of aryl methyl sites for hydroxylation is 2. The first-order valence-corrected chi connectivity index (χ1v) is 7.71. The van der Waals surface area contributed by atoms with E-state index in [-0.39, 0.29) is 12.5 Å². The fourth-order valence-electron chi connectivity index (χ4n) is 2.38. The highest BCUT2D eigenvalue weighted by atomic mass is 16.5. The van der Waals surface area contributed by atoms with Crippen LogP contribution in [0.3, 0.4) is 0 Å². The van der Waals surface area contributed by atoms with Crippen LogP contribution in [0.2, 0.25) is 0 Å². The molecule has 0 fully saturated rings. The van der Waals surface area contributed by atoms with Gasteiger partial charge in [0.15, 0.2) is 6.61 Å². The highest BCUT2D eigenvalue weighted by molar-refractivity contribution is 5.93. The van der Waals surface area contributed by atoms with Crippen LogP contribution in [0, 0.1) is 11.3 Å². The summed E-state index contributed by atoms with van der Waals surface area (Å²) in [4.78, 5) is 12.2. The lowest BCUT2D eigenvalue weighted by Crippen LogP contribution is -2.21. The molecule has 23 heavy (non-hydrogen) atoms. The summed E-state index contributed by atoms with van der Waals surface area (Å²) in [6.45, 7) is 4.04. The summed E-state index contributed by atoms with van der Waals surface area (Å²) in [5.74, 6) is 0.307. The average molecular weight is 308 g/mol. The molecule has 0 aliphatic heterocycles. The number of benzene rings is 2. The maximum Gasteiger partial charge on any atom is 0.262 e. The summed E-state index contributed by atoms with van der Waals surface area (Å²) in [6.07, 6.45) is 1.71. The standard InChI is InChI=1S/C19H20N2O2/c1-3-15-8-6-9-16(4-2)19(15)21-18(22)13-23-17-10-5-7-14(11-17)12-20/h5-11H,3-4,13H2,1-2H3,(H,21,22). The predicted octanol–water partition coefficient (Wildman–Crippen LogP) is 3.70. The molecule has 0 aliphatic carbocycles. The van der Waals surface area contributed by atoms with Crippen molar-refractivity contribution >= 4 is 11.6 Å². The molecule has 0 saturated heterocycles. The maximum absolute atomic E-state index is 12.2. The topological polar surface area (TPSA) is 62.1 Å². The maximum atomic E-state index is 12.2. The van der Waals surface area contributed by atoms with Gasteiger partial charge in [-0.15, -0.1) is 0 Å². The van der Waals surface area contributed by atoms with Crippen molar-refractivity contribution in [2.24, 2.45) is 0 Å². The van der Waals surface area contributed by atoms with Crippen LogP contribution in [0.5, 0.6) is 5.75 Å². The van der Waals surface area contributed by atoms with Gasteiger partial charge in [0.1, 0.15) is 5.75 Å². The van der Waals surface area contributed by atoms with Gasteiger partial charge in [0.2, 0.25) is 0 Å². The molecule has 0 heterocycles. The molecule has 0 saturated carbocycles. The highest BCUT2D eigenvalue weighted by Gasteiger charge is 2.10. The number of ether oxygens (including phenoxy) is 1. The van der Waals surface area contributed by atoms with Crippen molar-refractivity contribution in [3.05, 3.63) is 59.2 Å². The summed E-state index contributed by atoms with van der Waals surface area (Å²) < 4.78 is 5.47. The molecule has 0 unspecified atom stereocenters. The van der Waals surface area contributed by atoms with Gasteiger partial charge in [-0.1, -0.05) is 38.1 Å². The number of nitriles is 1. The molecule has 1 N–H and O–H groups in total. The lowest BCUT2D eigenvalue weighted by Gasteiger charge is -2.14. The van der Waals surface area contributed by atoms with Crippen LogP contribution in [0.15, 0.2) is 42.5 Å². The predicted molar refractivity (Wildman–Crippen MR) is 90.5 cm³/mol. The summed E-state index contributed by atoms with van der Waals surface area (Å²) in [5.41, 5.74) is 3.62. The van der Waals surface area contributed by atoms with Gasteiger partial charge in [-0.3, -0.25) is 4.79 Å². The second kappa shape index (κ2) is 8.00. The second-order valence-electron chi connectivity index (χ2n) is 5.13. The van der Waals surface area contributed by atoms with E-state index < -0.39 is 0 Å². The zero-order chi connectivity index (χ0) is 16.7. The second-order valence-corrected chi connectivity index (χ2v) is 5.13. The Hall–Kier alpha value is -2.80. The van der Waals surface area contributed by atoms with Crippen molar-refractivity contribution in [3.8, 4) is 11.8 Å². The van der Waals surface area contributed by atoms with E-state index in [0.29, 0.717) is 11.3 Å². The number of nitrogens with zero attached hydrogens (tertiary/aromatic N) is 1. The first kappa shape index (κ1) is 16.6. The number of carbonyl (C=O) groups excluding carboxylic acids is 1. The van der Waals surface area contributed by atoms with E-state index in [9.17, 15) is 4.79 Å². The summed E-state index contributed by atoms with van der Waals surface area (Å²) in [7, 11) is 0. The van der Waals surface area contributed by atoms with Crippen LogP contribution in [-0.4, -0.2) is 12.5 Å². The van der Waals surface area contributed by atoms with Crippen molar-refractivity contribution < 1.29 is 9.53 Å². The Labute approximate surface area is 136 Å². The minimum Gasteiger partial charge on any atom is -0.484 e. The first-order chi connectivity index (χ1) is 11.2. The lowest BCUT2D eigenvalue weighted by molar-refractivity contribution is -0.118. The molecule has 4 heteroatoms. The molecule has 0 radical (unpaired) electrons. The number of anilines is 1. The van der Waals surface area contributed by atoms with Crippen molar-refractivity contribution in [2.75, 3.05) is 11.9 Å². The van der Waals surface area contributed by atoms with E-state index in [1.165, 1.54) is 0 Å². The third kappa shape index (κ3) is 4.33. The molecule has 0 bridgehead atoms. The van der Waals surface area contributed by atoms with Crippen molar-refractivity contribution in [2.45, 2.75) is 26.7 Å². The van der Waals surface area contributed by atoms with Gasteiger partial charge in [0.25, 0.3) is 5.91 Å². The van der Waals surface area contributed by atoms with Crippen LogP contribution < -0.4 is 10.1 Å². The Morgan fingerprint density at radius 3 is 2.39 bits per heavy atom. The zero-order valence-electron chi connectivity index (χ0n) is 13.4. The Bertz CT molecular complexity index is 710. The van der Waals surface area contributed by atoms with Crippen molar-refractivity contribution in [1.82, 2.24) is 0 Å². The highest BCUT2D eigenvalue weighted by Crippen LogP contribution is 2.22. The van der Waals surface area contributed by atoms with Gasteiger partial charge in [-0.2, -0.15) is 5.26 Å². The van der Waals surface area contributed by atoms with Crippen molar-refractivity contribution in [3.63, 3.8) is 0 Å². The molecule has 0 aromatic heterocycles. The Balaban J connectivity index is 2.04. The summed E-state index contributed by atoms with van der Waals surface area (Å²) >= 11 is 0. The van der Waals surface area contributed by atoms with Gasteiger partial charge in [-0.05, 0) is 42.2 Å². The molecule has 2 aromatic rings. The Morgan fingerprint density at radius 1 is 1.13 bits per heavy atom. The normalized spacial score (nSPS) is 9.96. The number of rotatable bonds is 6. The van der Waals surface area contributed by atoms with Gasteiger partial charge in [-0.25, -0.2) is 0 Å². The largest absolute Gasteiger partial charge is 0.484 e. The van der Waals surface area contributed by atoms with Crippen LogP contribution in [0.25, 0.3) is 0 Å². The summed E-state index contributed by atoms with van der Waals surface area (Å²) in [6, 6.07) is 14.9. The van der Waals surface area contributed by atoms with E-state index in [1.807, 2.05) is 24.3 Å². The van der Waals surface area contributed by atoms with Crippen LogP contribution in [0.1, 0.15) is 30.5 Å². The van der Waals surface area contributed by atoms with Gasteiger partial charge in [0, 0.05) is 5.69 Å². The average Bonchev–Trinajstić information content (AvgIpc) is 2.60. The third-order valence-electron chi connectivity index (χ3n) is 3.60. The van der Waals surface area contributed by atoms with Gasteiger partial charge < -0.3 is 10.1 Å². The quantitative estimate of drug-likeness (QED) is 0.885. The fraction of sp³-hybridized carbons (Fsp3) is 0.263. The molecular formula is C19H20N2O2. The number of hydrogen-bond acceptors (Lipinski definition) is 3.